The van der Waals surface area contributed by atoms with Gasteiger partial charge in [0.05, 0.1) is 20.7 Å². The number of nitro benzene ring substituents is 1. The Balaban J connectivity index is 1.66. The monoisotopic (exact) mass is 562 g/mol. The van der Waals surface area contributed by atoms with Gasteiger partial charge in [0.2, 0.25) is 0 Å². The van der Waals surface area contributed by atoms with Crippen molar-refractivity contribution in [2.24, 2.45) is 0 Å². The molecule has 1 N–H and O–H groups in total. The third kappa shape index (κ3) is 5.48. The van der Waals surface area contributed by atoms with Crippen molar-refractivity contribution in [1.82, 2.24) is 4.57 Å². The Morgan fingerprint density at radius 1 is 1.02 bits per heavy atom. The zero-order valence-corrected chi connectivity index (χ0v) is 22.8. The quantitative estimate of drug-likeness (QED) is 0.233. The van der Waals surface area contributed by atoms with Gasteiger partial charge < -0.3 is 9.73 Å². The van der Waals surface area contributed by atoms with E-state index in [9.17, 15) is 25.0 Å². The molecule has 1 amide bonds. The molecule has 3 aromatic carbocycles. The molecule has 5 rings (SSSR count). The molecule has 9 nitrogen and oxygen atoms in total. The molecule has 0 radical (unpaired) electrons. The number of carbonyl (C=O) groups is 1. The first kappa shape index (κ1) is 27.1. The molecular weight excluding hydrogens is 540 g/mol. The molecule has 0 unspecified atom stereocenters. The predicted molar refractivity (Wildman–Crippen MR) is 157 cm³/mol. The minimum atomic E-state index is -0.648. The molecule has 0 aliphatic heterocycles. The number of furan rings is 1. The van der Waals surface area contributed by atoms with E-state index in [1.165, 1.54) is 16.7 Å². The summed E-state index contributed by atoms with van der Waals surface area (Å²) in [6.45, 7) is 3.88. The molecule has 10 heteroatoms. The van der Waals surface area contributed by atoms with E-state index in [1.54, 1.807) is 66.7 Å². The zero-order valence-electron chi connectivity index (χ0n) is 22.0. The van der Waals surface area contributed by atoms with Crippen molar-refractivity contribution in [3.63, 3.8) is 0 Å². The number of nitriles is 1. The number of benzene rings is 3. The number of carbonyl (C=O) groups excluding carboxylic acids is 1. The maximum Gasteiger partial charge on any atom is 0.280 e. The molecule has 2 heterocycles. The van der Waals surface area contributed by atoms with Gasteiger partial charge in [-0.15, -0.1) is 11.3 Å². The Morgan fingerprint density at radius 3 is 2.46 bits per heavy atom. The predicted octanol–water partition coefficient (Wildman–Crippen LogP) is 4.83. The highest BCUT2D eigenvalue weighted by molar-refractivity contribution is 7.07. The van der Waals surface area contributed by atoms with Crippen molar-refractivity contribution in [2.75, 3.05) is 5.32 Å². The maximum atomic E-state index is 13.7. The van der Waals surface area contributed by atoms with Crippen LogP contribution in [0.25, 0.3) is 28.7 Å². The van der Waals surface area contributed by atoms with Crippen molar-refractivity contribution < 1.29 is 14.1 Å². The molecule has 0 saturated carbocycles. The van der Waals surface area contributed by atoms with Crippen molar-refractivity contribution >= 4 is 40.3 Å². The minimum Gasteiger partial charge on any atom is -0.456 e. The van der Waals surface area contributed by atoms with Gasteiger partial charge in [-0.05, 0) is 67.4 Å². The summed E-state index contributed by atoms with van der Waals surface area (Å²) >= 11 is 0.972. The molecule has 0 fully saturated rings. The van der Waals surface area contributed by atoms with Crippen LogP contribution in [0.2, 0.25) is 0 Å². The van der Waals surface area contributed by atoms with Gasteiger partial charge in [-0.25, -0.2) is 0 Å². The SMILES string of the molecule is Cc1ccc(NC(=O)/C(C#N)=c2/s/c(=C/c3ccc(-c4ccccc4[N+](=O)[O-])o3)c(=O)n2-c2ccccc2)cc1C. The van der Waals surface area contributed by atoms with E-state index in [1.807, 2.05) is 32.0 Å². The van der Waals surface area contributed by atoms with Gasteiger partial charge >= 0.3 is 0 Å². The van der Waals surface area contributed by atoms with Crippen LogP contribution in [-0.2, 0) is 4.79 Å². The summed E-state index contributed by atoms with van der Waals surface area (Å²) < 4.78 is 7.54. The van der Waals surface area contributed by atoms with E-state index in [-0.39, 0.29) is 32.0 Å². The smallest absolute Gasteiger partial charge is 0.280 e. The van der Waals surface area contributed by atoms with Gasteiger partial charge in [-0.2, -0.15) is 5.26 Å². The van der Waals surface area contributed by atoms with E-state index >= 15 is 0 Å². The molecule has 0 saturated heterocycles. The Morgan fingerprint density at radius 2 is 1.76 bits per heavy atom. The molecule has 0 spiro atoms. The van der Waals surface area contributed by atoms with Crippen LogP contribution in [0.4, 0.5) is 11.4 Å². The largest absolute Gasteiger partial charge is 0.456 e. The molecule has 0 bridgehead atoms. The number of hydrogen-bond donors (Lipinski definition) is 1. The number of aromatic nitrogens is 1. The first-order chi connectivity index (χ1) is 19.8. The number of nitro groups is 1. The Bertz CT molecular complexity index is 2030. The van der Waals surface area contributed by atoms with Gasteiger partial charge in [-0.3, -0.25) is 24.3 Å². The van der Waals surface area contributed by atoms with Gasteiger partial charge in [-0.1, -0.05) is 36.4 Å². The molecule has 41 heavy (non-hydrogen) atoms. The number of rotatable bonds is 6. The lowest BCUT2D eigenvalue weighted by Crippen LogP contribution is -2.32. The second kappa shape index (κ2) is 11.3. The van der Waals surface area contributed by atoms with Crippen LogP contribution in [-0.4, -0.2) is 15.4 Å². The lowest BCUT2D eigenvalue weighted by atomic mass is 10.1. The van der Waals surface area contributed by atoms with Crippen LogP contribution in [0.1, 0.15) is 16.9 Å². The second-order valence-electron chi connectivity index (χ2n) is 9.11. The Hall–Kier alpha value is -5.53. The fraction of sp³-hybridized carbons (Fsp3) is 0.0645. The molecule has 0 aliphatic carbocycles. The van der Waals surface area contributed by atoms with Gasteiger partial charge in [0.25, 0.3) is 17.2 Å². The summed E-state index contributed by atoms with van der Waals surface area (Å²) in [6, 6.07) is 25.5. The van der Waals surface area contributed by atoms with E-state index in [4.69, 9.17) is 4.42 Å². The lowest BCUT2D eigenvalue weighted by Gasteiger charge is -2.07. The lowest BCUT2D eigenvalue weighted by molar-refractivity contribution is -0.384. The zero-order chi connectivity index (χ0) is 29.1. The number of aryl methyl sites for hydroxylation is 2. The topological polar surface area (TPSA) is 131 Å². The highest BCUT2D eigenvalue weighted by atomic mass is 32.1. The Labute approximate surface area is 237 Å². The molecular formula is C31H22N4O5S. The summed E-state index contributed by atoms with van der Waals surface area (Å²) in [4.78, 5) is 37.9. The summed E-state index contributed by atoms with van der Waals surface area (Å²) in [5, 5.41) is 24.3. The van der Waals surface area contributed by atoms with Crippen LogP contribution >= 0.6 is 11.3 Å². The fourth-order valence-electron chi connectivity index (χ4n) is 4.22. The number of amides is 1. The molecule has 202 valence electrons. The van der Waals surface area contributed by atoms with Gasteiger partial charge in [0, 0.05) is 17.8 Å². The fourth-order valence-corrected chi connectivity index (χ4v) is 5.30. The summed E-state index contributed by atoms with van der Waals surface area (Å²) in [7, 11) is 0. The number of nitrogens with one attached hydrogen (secondary N) is 1. The van der Waals surface area contributed by atoms with Crippen molar-refractivity contribution in [3.05, 3.63) is 131 Å². The highest BCUT2D eigenvalue weighted by Crippen LogP contribution is 2.31. The van der Waals surface area contributed by atoms with E-state index in [2.05, 4.69) is 5.32 Å². The van der Waals surface area contributed by atoms with Crippen LogP contribution in [0, 0.1) is 35.3 Å². The van der Waals surface area contributed by atoms with E-state index < -0.39 is 16.4 Å². The Kier molecular flexibility index (Phi) is 7.45. The number of hydrogen-bond acceptors (Lipinski definition) is 7. The van der Waals surface area contributed by atoms with Gasteiger partial charge in [0.1, 0.15) is 22.3 Å². The molecule has 0 aliphatic rings. The molecule has 2 aromatic heterocycles. The summed E-state index contributed by atoms with van der Waals surface area (Å²) in [5.74, 6) is -0.105. The standard InChI is InChI=1S/C31H22N4O5S/c1-19-12-13-21(16-20(19)2)33-29(36)25(18-32)31-34(22-8-4-3-5-9-22)30(37)28(41-31)17-23-14-15-27(40-23)24-10-6-7-11-26(24)35(38)39/h3-17H,1-2H3,(H,33,36)/b28-17+,31-25+. The van der Waals surface area contributed by atoms with Crippen molar-refractivity contribution in [1.29, 1.82) is 5.26 Å². The highest BCUT2D eigenvalue weighted by Gasteiger charge is 2.19. The van der Waals surface area contributed by atoms with Gasteiger partial charge in [0.15, 0.2) is 5.57 Å². The van der Waals surface area contributed by atoms with Crippen LogP contribution < -0.4 is 20.1 Å². The normalized spacial score (nSPS) is 12.1. The number of nitrogens with zero attached hydrogens (tertiary/aromatic N) is 3. The second-order valence-corrected chi connectivity index (χ2v) is 10.1. The maximum absolute atomic E-state index is 13.7. The first-order valence-corrected chi connectivity index (χ1v) is 13.2. The number of para-hydroxylation sites is 2. The third-order valence-corrected chi connectivity index (χ3v) is 7.51. The summed E-state index contributed by atoms with van der Waals surface area (Å²) in [6.07, 6.45) is 1.49. The minimum absolute atomic E-state index is 0.110. The van der Waals surface area contributed by atoms with Crippen LogP contribution in [0.5, 0.6) is 0 Å². The van der Waals surface area contributed by atoms with Crippen molar-refractivity contribution in [3.8, 4) is 23.1 Å². The summed E-state index contributed by atoms with van der Waals surface area (Å²) in [5.41, 5.74) is 2.56. The van der Waals surface area contributed by atoms with E-state index in [0.717, 1.165) is 22.5 Å². The third-order valence-electron chi connectivity index (χ3n) is 6.42. The first-order valence-electron chi connectivity index (χ1n) is 12.4. The van der Waals surface area contributed by atoms with Crippen molar-refractivity contribution in [2.45, 2.75) is 13.8 Å². The van der Waals surface area contributed by atoms with E-state index in [0.29, 0.717) is 16.9 Å². The van der Waals surface area contributed by atoms with Crippen LogP contribution in [0.15, 0.2) is 94.1 Å². The number of thiazole rings is 1. The average Bonchev–Trinajstić information content (AvgIpc) is 3.56. The van der Waals surface area contributed by atoms with Crippen LogP contribution in [0.3, 0.4) is 0 Å². The molecule has 0 atom stereocenters. The average molecular weight is 563 g/mol. The molecule has 5 aromatic rings. The number of anilines is 1.